The predicted octanol–water partition coefficient (Wildman–Crippen LogP) is 1.36. The molecule has 1 saturated carbocycles. The van der Waals surface area contributed by atoms with Crippen molar-refractivity contribution in [3.05, 3.63) is 0 Å². The van der Waals surface area contributed by atoms with Crippen molar-refractivity contribution in [1.82, 2.24) is 5.32 Å². The van der Waals surface area contributed by atoms with E-state index in [-0.39, 0.29) is 18.6 Å². The fourth-order valence-corrected chi connectivity index (χ4v) is 1.79. The molecule has 1 fully saturated rings. The van der Waals surface area contributed by atoms with Crippen molar-refractivity contribution in [1.29, 1.82) is 5.26 Å². The highest BCUT2D eigenvalue weighted by Crippen LogP contribution is 2.28. The normalized spacial score (nSPS) is 18.8. The molecule has 0 saturated heterocycles. The number of ether oxygens (including phenoxy) is 1. The third-order valence-corrected chi connectivity index (χ3v) is 2.60. The Morgan fingerprint density at radius 3 is 2.60 bits per heavy atom. The van der Waals surface area contributed by atoms with Crippen LogP contribution in [0.4, 0.5) is 0 Å². The molecule has 4 heteroatoms. The maximum atomic E-state index is 11.5. The first kappa shape index (κ1) is 12.0. The van der Waals surface area contributed by atoms with Gasteiger partial charge in [0.05, 0.1) is 12.2 Å². The summed E-state index contributed by atoms with van der Waals surface area (Å²) in [6.45, 7) is 3.80. The molecule has 1 N–H and O–H groups in total. The van der Waals surface area contributed by atoms with Gasteiger partial charge in [-0.25, -0.2) is 0 Å². The van der Waals surface area contributed by atoms with Crippen LogP contribution in [0.1, 0.15) is 39.5 Å². The third kappa shape index (κ3) is 3.52. The highest BCUT2D eigenvalue weighted by Gasteiger charge is 2.35. The minimum atomic E-state index is -0.628. The van der Waals surface area contributed by atoms with Crippen LogP contribution in [0.5, 0.6) is 0 Å². The van der Waals surface area contributed by atoms with Gasteiger partial charge in [0.2, 0.25) is 5.91 Å². The van der Waals surface area contributed by atoms with E-state index < -0.39 is 5.54 Å². The first-order valence-corrected chi connectivity index (χ1v) is 5.42. The van der Waals surface area contributed by atoms with Crippen molar-refractivity contribution >= 4 is 5.91 Å². The molecular formula is C11H18N2O2. The topological polar surface area (TPSA) is 62.1 Å². The fraction of sp³-hybridized carbons (Fsp3) is 0.818. The Bertz CT molecular complexity index is 262. The van der Waals surface area contributed by atoms with E-state index in [0.29, 0.717) is 0 Å². The minimum absolute atomic E-state index is 0.0392. The second kappa shape index (κ2) is 5.13. The summed E-state index contributed by atoms with van der Waals surface area (Å²) in [6.07, 6.45) is 3.59. The van der Waals surface area contributed by atoms with Gasteiger partial charge in [0.1, 0.15) is 12.1 Å². The van der Waals surface area contributed by atoms with E-state index in [1.54, 1.807) is 0 Å². The van der Waals surface area contributed by atoms with Crippen LogP contribution in [0.2, 0.25) is 0 Å². The van der Waals surface area contributed by atoms with Gasteiger partial charge in [0, 0.05) is 0 Å². The number of hydrogen-bond acceptors (Lipinski definition) is 3. The number of carbonyl (C=O) groups is 1. The van der Waals surface area contributed by atoms with Gasteiger partial charge in [-0.1, -0.05) is 0 Å². The smallest absolute Gasteiger partial charge is 0.247 e. The number of rotatable bonds is 4. The molecule has 0 aromatic heterocycles. The van der Waals surface area contributed by atoms with Crippen LogP contribution >= 0.6 is 0 Å². The highest BCUT2D eigenvalue weighted by molar-refractivity contribution is 5.78. The van der Waals surface area contributed by atoms with Crippen molar-refractivity contribution in [3.8, 4) is 6.07 Å². The molecule has 1 rings (SSSR count). The summed E-state index contributed by atoms with van der Waals surface area (Å²) in [5.41, 5.74) is -0.628. The zero-order valence-electron chi connectivity index (χ0n) is 9.38. The van der Waals surface area contributed by atoms with Crippen molar-refractivity contribution in [2.45, 2.75) is 51.2 Å². The summed E-state index contributed by atoms with van der Waals surface area (Å²) in [7, 11) is 0. The lowest BCUT2D eigenvalue weighted by Gasteiger charge is -2.22. The lowest BCUT2D eigenvalue weighted by molar-refractivity contribution is -0.128. The maximum Gasteiger partial charge on any atom is 0.247 e. The maximum absolute atomic E-state index is 11.5. The van der Waals surface area contributed by atoms with Gasteiger partial charge in [0.25, 0.3) is 0 Å². The standard InChI is InChI=1S/C11H18N2O2/c1-9(2)15-7-10(14)13-11(8-12)5-3-4-6-11/h9H,3-7H2,1-2H3,(H,13,14). The Hall–Kier alpha value is -1.08. The molecule has 1 amide bonds. The fourth-order valence-electron chi connectivity index (χ4n) is 1.79. The van der Waals surface area contributed by atoms with Crippen LogP contribution in [-0.2, 0) is 9.53 Å². The first-order chi connectivity index (χ1) is 7.08. The van der Waals surface area contributed by atoms with Gasteiger partial charge in [0.15, 0.2) is 0 Å². The molecule has 0 bridgehead atoms. The van der Waals surface area contributed by atoms with Gasteiger partial charge in [-0.05, 0) is 39.5 Å². The summed E-state index contributed by atoms with van der Waals surface area (Å²) in [6, 6.07) is 2.21. The number of nitriles is 1. The molecular weight excluding hydrogens is 192 g/mol. The summed E-state index contributed by atoms with van der Waals surface area (Å²) in [5, 5.41) is 11.8. The van der Waals surface area contributed by atoms with Crippen molar-refractivity contribution in [2.24, 2.45) is 0 Å². The molecule has 0 spiro atoms. The second-order valence-electron chi connectivity index (χ2n) is 4.31. The van der Waals surface area contributed by atoms with Gasteiger partial charge in [-0.2, -0.15) is 5.26 Å². The van der Waals surface area contributed by atoms with Crippen LogP contribution in [0.3, 0.4) is 0 Å². The lowest BCUT2D eigenvalue weighted by atomic mass is 10.00. The second-order valence-corrected chi connectivity index (χ2v) is 4.31. The molecule has 1 aliphatic carbocycles. The monoisotopic (exact) mass is 210 g/mol. The largest absolute Gasteiger partial charge is 0.369 e. The van der Waals surface area contributed by atoms with E-state index in [0.717, 1.165) is 25.7 Å². The molecule has 4 nitrogen and oxygen atoms in total. The number of carbonyl (C=O) groups excluding carboxylic acids is 1. The predicted molar refractivity (Wildman–Crippen MR) is 56.0 cm³/mol. The number of hydrogen-bond donors (Lipinski definition) is 1. The SMILES string of the molecule is CC(C)OCC(=O)NC1(C#N)CCCC1. The van der Waals surface area contributed by atoms with Crippen LogP contribution < -0.4 is 5.32 Å². The summed E-state index contributed by atoms with van der Waals surface area (Å²) >= 11 is 0. The molecule has 1 aliphatic rings. The van der Waals surface area contributed by atoms with Gasteiger partial charge in [-0.3, -0.25) is 4.79 Å². The lowest BCUT2D eigenvalue weighted by Crippen LogP contribution is -2.46. The minimum Gasteiger partial charge on any atom is -0.369 e. The van der Waals surface area contributed by atoms with Crippen LogP contribution in [0.15, 0.2) is 0 Å². The van der Waals surface area contributed by atoms with E-state index in [4.69, 9.17) is 10.00 Å². The van der Waals surface area contributed by atoms with E-state index in [1.807, 2.05) is 13.8 Å². The molecule has 0 aromatic rings. The Morgan fingerprint density at radius 1 is 1.53 bits per heavy atom. The van der Waals surface area contributed by atoms with E-state index >= 15 is 0 Å². The average Bonchev–Trinajstić information content (AvgIpc) is 2.64. The van der Waals surface area contributed by atoms with Crippen LogP contribution in [0.25, 0.3) is 0 Å². The van der Waals surface area contributed by atoms with Crippen LogP contribution in [0, 0.1) is 11.3 Å². The van der Waals surface area contributed by atoms with E-state index in [2.05, 4.69) is 11.4 Å². The molecule has 84 valence electrons. The van der Waals surface area contributed by atoms with Crippen molar-refractivity contribution < 1.29 is 9.53 Å². The number of nitrogens with zero attached hydrogens (tertiary/aromatic N) is 1. The van der Waals surface area contributed by atoms with Crippen molar-refractivity contribution in [2.75, 3.05) is 6.61 Å². The molecule has 0 unspecified atom stereocenters. The zero-order valence-corrected chi connectivity index (χ0v) is 9.38. The Kier molecular flexibility index (Phi) is 4.10. The summed E-state index contributed by atoms with van der Waals surface area (Å²) in [4.78, 5) is 11.5. The Morgan fingerprint density at radius 2 is 2.13 bits per heavy atom. The molecule has 0 radical (unpaired) electrons. The molecule has 0 aliphatic heterocycles. The van der Waals surface area contributed by atoms with E-state index in [1.165, 1.54) is 0 Å². The molecule has 15 heavy (non-hydrogen) atoms. The quantitative estimate of drug-likeness (QED) is 0.762. The van der Waals surface area contributed by atoms with Gasteiger partial charge < -0.3 is 10.1 Å². The van der Waals surface area contributed by atoms with Crippen LogP contribution in [-0.4, -0.2) is 24.2 Å². The summed E-state index contributed by atoms with van der Waals surface area (Å²) < 4.78 is 5.18. The summed E-state index contributed by atoms with van der Waals surface area (Å²) in [5.74, 6) is -0.188. The molecule has 0 atom stereocenters. The average molecular weight is 210 g/mol. The first-order valence-electron chi connectivity index (χ1n) is 5.42. The zero-order chi connectivity index (χ0) is 11.3. The van der Waals surface area contributed by atoms with Crippen molar-refractivity contribution in [3.63, 3.8) is 0 Å². The van der Waals surface area contributed by atoms with Gasteiger partial charge in [-0.15, -0.1) is 0 Å². The highest BCUT2D eigenvalue weighted by atomic mass is 16.5. The molecule has 0 aromatic carbocycles. The number of amides is 1. The molecule has 0 heterocycles. The van der Waals surface area contributed by atoms with Gasteiger partial charge >= 0.3 is 0 Å². The number of nitrogens with one attached hydrogen (secondary N) is 1. The third-order valence-electron chi connectivity index (χ3n) is 2.60. The van der Waals surface area contributed by atoms with E-state index in [9.17, 15) is 4.79 Å². The Labute approximate surface area is 90.6 Å². The Balaban J connectivity index is 2.39.